The van der Waals surface area contributed by atoms with Crippen molar-refractivity contribution in [3.63, 3.8) is 0 Å². The highest BCUT2D eigenvalue weighted by atomic mass is 35.5. The van der Waals surface area contributed by atoms with Gasteiger partial charge in [0.15, 0.2) is 12.2 Å². The third-order valence-electron chi connectivity index (χ3n) is 3.75. The molecule has 1 N–H and O–H groups in total. The van der Waals surface area contributed by atoms with Crippen LogP contribution in [0.1, 0.15) is 26.3 Å². The Morgan fingerprint density at radius 1 is 1.00 bits per heavy atom. The quantitative estimate of drug-likeness (QED) is 0.735. The molecule has 26 heavy (non-hydrogen) atoms. The summed E-state index contributed by atoms with van der Waals surface area (Å²) in [5, 5.41) is 3.30. The molecule has 0 bridgehead atoms. The summed E-state index contributed by atoms with van der Waals surface area (Å²) in [6.07, 6.45) is -0.867. The second kappa shape index (κ2) is 9.25. The molecular formula is C20H22ClNO4. The Kier molecular flexibility index (Phi) is 7.04. The smallest absolute Gasteiger partial charge is 0.347 e. The van der Waals surface area contributed by atoms with Crippen LogP contribution in [0.3, 0.4) is 0 Å². The summed E-state index contributed by atoms with van der Waals surface area (Å²) < 4.78 is 10.7. The van der Waals surface area contributed by atoms with Crippen molar-refractivity contribution in [1.82, 2.24) is 0 Å². The second-order valence-electron chi connectivity index (χ2n) is 5.83. The molecule has 0 aliphatic heterocycles. The van der Waals surface area contributed by atoms with Crippen molar-refractivity contribution < 1.29 is 19.1 Å². The Labute approximate surface area is 158 Å². The Morgan fingerprint density at radius 3 is 2.19 bits per heavy atom. The van der Waals surface area contributed by atoms with E-state index in [9.17, 15) is 9.59 Å². The van der Waals surface area contributed by atoms with E-state index >= 15 is 0 Å². The van der Waals surface area contributed by atoms with E-state index < -0.39 is 24.1 Å². The number of esters is 1. The van der Waals surface area contributed by atoms with Gasteiger partial charge in [-0.25, -0.2) is 4.79 Å². The van der Waals surface area contributed by atoms with Gasteiger partial charge in [-0.15, -0.1) is 0 Å². The number of nitrogens with one attached hydrogen (secondary N) is 1. The van der Waals surface area contributed by atoms with E-state index in [-0.39, 0.29) is 0 Å². The fourth-order valence-electron chi connectivity index (χ4n) is 2.16. The van der Waals surface area contributed by atoms with E-state index in [0.29, 0.717) is 16.5 Å². The number of benzene rings is 2. The van der Waals surface area contributed by atoms with Crippen molar-refractivity contribution in [1.29, 1.82) is 0 Å². The Morgan fingerprint density at radius 2 is 1.62 bits per heavy atom. The molecule has 0 saturated heterocycles. The van der Waals surface area contributed by atoms with E-state index in [0.717, 1.165) is 6.42 Å². The standard InChI is InChI=1S/C20H22ClNO4/c1-4-15-5-9-17(10-6-15)22-19(23)13(2)26-20(24)14(3)25-18-11-7-16(21)8-12-18/h5-14H,4H2,1-3H3,(H,22,23)/t13-,14+/m0/s1. The van der Waals surface area contributed by atoms with E-state index in [1.807, 2.05) is 24.3 Å². The molecular weight excluding hydrogens is 354 g/mol. The van der Waals surface area contributed by atoms with E-state index in [1.165, 1.54) is 12.5 Å². The van der Waals surface area contributed by atoms with E-state index in [4.69, 9.17) is 21.1 Å². The number of halogens is 1. The predicted molar refractivity (Wildman–Crippen MR) is 102 cm³/mol. The lowest BCUT2D eigenvalue weighted by Crippen LogP contribution is -2.35. The maximum absolute atomic E-state index is 12.2. The van der Waals surface area contributed by atoms with Crippen molar-refractivity contribution in [2.45, 2.75) is 39.4 Å². The summed E-state index contributed by atoms with van der Waals surface area (Å²) in [6.45, 7) is 5.14. The lowest BCUT2D eigenvalue weighted by Gasteiger charge is -2.18. The summed E-state index contributed by atoms with van der Waals surface area (Å²) in [5.41, 5.74) is 1.83. The highest BCUT2D eigenvalue weighted by Gasteiger charge is 2.23. The van der Waals surface area contributed by atoms with Gasteiger partial charge in [0, 0.05) is 10.7 Å². The van der Waals surface area contributed by atoms with Gasteiger partial charge < -0.3 is 14.8 Å². The first-order valence-corrected chi connectivity index (χ1v) is 8.79. The third kappa shape index (κ3) is 5.77. The number of hydrogen-bond donors (Lipinski definition) is 1. The van der Waals surface area contributed by atoms with Crippen molar-refractivity contribution in [3.05, 3.63) is 59.1 Å². The largest absolute Gasteiger partial charge is 0.479 e. The van der Waals surface area contributed by atoms with Crippen molar-refractivity contribution in [3.8, 4) is 5.75 Å². The van der Waals surface area contributed by atoms with Crippen LogP contribution >= 0.6 is 11.6 Å². The molecule has 0 spiro atoms. The fourth-order valence-corrected chi connectivity index (χ4v) is 2.28. The zero-order chi connectivity index (χ0) is 19.1. The van der Waals surface area contributed by atoms with Crippen LogP contribution in [0.25, 0.3) is 0 Å². The van der Waals surface area contributed by atoms with Gasteiger partial charge >= 0.3 is 5.97 Å². The number of carbonyl (C=O) groups excluding carboxylic acids is 2. The summed E-state index contributed by atoms with van der Waals surface area (Å²) in [7, 11) is 0. The predicted octanol–water partition coefficient (Wildman–Crippen LogP) is 4.24. The molecule has 2 rings (SSSR count). The van der Waals surface area contributed by atoms with Gasteiger partial charge in [0.05, 0.1) is 0 Å². The second-order valence-corrected chi connectivity index (χ2v) is 6.27. The Bertz CT molecular complexity index is 743. The van der Waals surface area contributed by atoms with Crippen LogP contribution in [0.15, 0.2) is 48.5 Å². The van der Waals surface area contributed by atoms with E-state index in [2.05, 4.69) is 12.2 Å². The maximum atomic E-state index is 12.2. The topological polar surface area (TPSA) is 64.6 Å². The molecule has 0 aromatic heterocycles. The minimum Gasteiger partial charge on any atom is -0.479 e. The molecule has 0 aliphatic rings. The average molecular weight is 376 g/mol. The van der Waals surface area contributed by atoms with Crippen LogP contribution in [0.5, 0.6) is 5.75 Å². The molecule has 0 unspecified atom stereocenters. The number of hydrogen-bond acceptors (Lipinski definition) is 4. The molecule has 0 fully saturated rings. The normalized spacial score (nSPS) is 12.8. The van der Waals surface area contributed by atoms with Crippen LogP contribution < -0.4 is 10.1 Å². The number of carbonyl (C=O) groups is 2. The van der Waals surface area contributed by atoms with Crippen molar-refractivity contribution >= 4 is 29.2 Å². The lowest BCUT2D eigenvalue weighted by molar-refractivity contribution is -0.159. The molecule has 2 aromatic rings. The molecule has 138 valence electrons. The number of aryl methyl sites for hydroxylation is 1. The third-order valence-corrected chi connectivity index (χ3v) is 4.00. The first-order chi connectivity index (χ1) is 12.4. The molecule has 0 heterocycles. The molecule has 0 radical (unpaired) electrons. The van der Waals surface area contributed by atoms with Gasteiger partial charge in [0.1, 0.15) is 5.75 Å². The molecule has 2 aromatic carbocycles. The fraction of sp³-hybridized carbons (Fsp3) is 0.300. The molecule has 2 atom stereocenters. The summed E-state index contributed by atoms with van der Waals surface area (Å²) in [6, 6.07) is 14.1. The maximum Gasteiger partial charge on any atom is 0.347 e. The summed E-state index contributed by atoms with van der Waals surface area (Å²) in [4.78, 5) is 24.3. The van der Waals surface area contributed by atoms with Gasteiger partial charge in [-0.3, -0.25) is 4.79 Å². The lowest BCUT2D eigenvalue weighted by atomic mass is 10.1. The number of rotatable bonds is 7. The molecule has 0 aliphatic carbocycles. The zero-order valence-electron chi connectivity index (χ0n) is 15.0. The molecule has 5 nitrogen and oxygen atoms in total. The minimum atomic E-state index is -0.940. The Hall–Kier alpha value is -2.53. The first-order valence-electron chi connectivity index (χ1n) is 8.41. The van der Waals surface area contributed by atoms with Gasteiger partial charge in [-0.1, -0.05) is 30.7 Å². The van der Waals surface area contributed by atoms with E-state index in [1.54, 1.807) is 31.2 Å². The van der Waals surface area contributed by atoms with Gasteiger partial charge in [0.25, 0.3) is 5.91 Å². The van der Waals surface area contributed by atoms with Gasteiger partial charge in [-0.2, -0.15) is 0 Å². The highest BCUT2D eigenvalue weighted by Crippen LogP contribution is 2.17. The summed E-state index contributed by atoms with van der Waals surface area (Å²) in [5.74, 6) is -0.530. The van der Waals surface area contributed by atoms with Gasteiger partial charge in [0.2, 0.25) is 0 Å². The number of anilines is 1. The SMILES string of the molecule is CCc1ccc(NC(=O)[C@H](C)OC(=O)[C@@H](C)Oc2ccc(Cl)cc2)cc1. The van der Waals surface area contributed by atoms with Crippen molar-refractivity contribution in [2.75, 3.05) is 5.32 Å². The minimum absolute atomic E-state index is 0.402. The first kappa shape index (κ1) is 19.8. The van der Waals surface area contributed by atoms with Crippen LogP contribution in [-0.4, -0.2) is 24.1 Å². The van der Waals surface area contributed by atoms with Crippen LogP contribution in [0.4, 0.5) is 5.69 Å². The van der Waals surface area contributed by atoms with Crippen LogP contribution in [0, 0.1) is 0 Å². The average Bonchev–Trinajstić information content (AvgIpc) is 2.64. The summed E-state index contributed by atoms with van der Waals surface area (Å²) >= 11 is 5.81. The monoisotopic (exact) mass is 375 g/mol. The molecule has 0 saturated carbocycles. The van der Waals surface area contributed by atoms with Crippen molar-refractivity contribution in [2.24, 2.45) is 0 Å². The van der Waals surface area contributed by atoms with Gasteiger partial charge in [-0.05, 0) is 62.2 Å². The van der Waals surface area contributed by atoms with Crippen LogP contribution in [0.2, 0.25) is 5.02 Å². The molecule has 6 heteroatoms. The van der Waals surface area contributed by atoms with Crippen LogP contribution in [-0.2, 0) is 20.7 Å². The molecule has 1 amide bonds. The number of amides is 1. The zero-order valence-corrected chi connectivity index (χ0v) is 15.7. The number of ether oxygens (including phenoxy) is 2. The Balaban J connectivity index is 1.86. The highest BCUT2D eigenvalue weighted by molar-refractivity contribution is 6.30.